The molecule has 0 saturated heterocycles. The van der Waals surface area contributed by atoms with Gasteiger partial charge in [0.05, 0.1) is 6.54 Å². The summed E-state index contributed by atoms with van der Waals surface area (Å²) in [6, 6.07) is 9.41. The third kappa shape index (κ3) is 4.20. The van der Waals surface area contributed by atoms with Crippen LogP contribution in [0.4, 0.5) is 0 Å². The maximum Gasteiger partial charge on any atom is 0.258 e. The zero-order valence-corrected chi connectivity index (χ0v) is 14.0. The van der Waals surface area contributed by atoms with Gasteiger partial charge in [-0.25, -0.2) is 0 Å². The summed E-state index contributed by atoms with van der Waals surface area (Å²) in [5, 5.41) is 6.59. The number of carbonyl (C=O) groups is 1. The van der Waals surface area contributed by atoms with E-state index in [-0.39, 0.29) is 19.1 Å². The molecule has 25 heavy (non-hydrogen) atoms. The molecule has 7 heteroatoms. The highest BCUT2D eigenvalue weighted by Gasteiger charge is 2.11. The molecule has 0 radical (unpaired) electrons. The third-order valence-corrected chi connectivity index (χ3v) is 3.60. The maximum absolute atomic E-state index is 12.0. The van der Waals surface area contributed by atoms with E-state index in [1.165, 1.54) is 0 Å². The van der Waals surface area contributed by atoms with Crippen molar-refractivity contribution in [3.05, 3.63) is 59.7 Å². The number of nitrogens with one attached hydrogen (secondary N) is 1. The van der Waals surface area contributed by atoms with E-state index in [1.807, 2.05) is 32.0 Å². The Hall–Kier alpha value is -3.22. The molecule has 128 valence electrons. The maximum atomic E-state index is 12.0. The van der Waals surface area contributed by atoms with Crippen LogP contribution in [0.25, 0.3) is 11.4 Å². The van der Waals surface area contributed by atoms with Gasteiger partial charge in [0.1, 0.15) is 5.75 Å². The number of aryl methyl sites for hydroxylation is 2. The van der Waals surface area contributed by atoms with Crippen molar-refractivity contribution in [3.8, 4) is 17.1 Å². The molecule has 0 unspecified atom stereocenters. The van der Waals surface area contributed by atoms with Crippen LogP contribution >= 0.6 is 0 Å². The highest BCUT2D eigenvalue weighted by Crippen LogP contribution is 2.22. The van der Waals surface area contributed by atoms with Gasteiger partial charge < -0.3 is 14.6 Å². The number of hydrogen-bond acceptors (Lipinski definition) is 6. The van der Waals surface area contributed by atoms with Gasteiger partial charge in [-0.05, 0) is 37.1 Å². The minimum absolute atomic E-state index is 0.0724. The van der Waals surface area contributed by atoms with E-state index < -0.39 is 0 Å². The molecular weight excluding hydrogens is 320 g/mol. The van der Waals surface area contributed by atoms with Crippen LogP contribution in [0.2, 0.25) is 0 Å². The first-order chi connectivity index (χ1) is 12.1. The number of hydrogen-bond donors (Lipinski definition) is 1. The molecule has 0 atom stereocenters. The van der Waals surface area contributed by atoms with Gasteiger partial charge in [0.2, 0.25) is 11.7 Å². The highest BCUT2D eigenvalue weighted by molar-refractivity contribution is 5.77. The predicted molar refractivity (Wildman–Crippen MR) is 90.8 cm³/mol. The largest absolute Gasteiger partial charge is 0.483 e. The minimum atomic E-state index is -0.258. The zero-order chi connectivity index (χ0) is 17.6. The molecule has 0 aliphatic rings. The molecule has 3 aromatic rings. The van der Waals surface area contributed by atoms with Crippen molar-refractivity contribution >= 4 is 5.91 Å². The molecule has 3 rings (SSSR count). The Morgan fingerprint density at radius 1 is 1.16 bits per heavy atom. The Labute approximate surface area is 145 Å². The van der Waals surface area contributed by atoms with E-state index in [0.29, 0.717) is 11.7 Å². The average molecular weight is 338 g/mol. The van der Waals surface area contributed by atoms with Crippen LogP contribution in [0.15, 0.2) is 47.2 Å². The number of nitrogens with zero attached hydrogens (tertiary/aromatic N) is 3. The monoisotopic (exact) mass is 338 g/mol. The first kappa shape index (κ1) is 16.6. The third-order valence-electron chi connectivity index (χ3n) is 3.60. The van der Waals surface area contributed by atoms with Gasteiger partial charge in [-0.2, -0.15) is 4.98 Å². The smallest absolute Gasteiger partial charge is 0.258 e. The second-order valence-corrected chi connectivity index (χ2v) is 5.53. The number of para-hydroxylation sites is 1. The summed E-state index contributed by atoms with van der Waals surface area (Å²) in [5.41, 5.74) is 2.79. The van der Waals surface area contributed by atoms with Crippen LogP contribution in [0.3, 0.4) is 0 Å². The van der Waals surface area contributed by atoms with Crippen molar-refractivity contribution in [2.75, 3.05) is 6.61 Å². The summed E-state index contributed by atoms with van der Waals surface area (Å²) in [7, 11) is 0. The molecule has 0 aliphatic heterocycles. The van der Waals surface area contributed by atoms with Gasteiger partial charge in [0, 0.05) is 18.0 Å². The number of carbonyl (C=O) groups excluding carboxylic acids is 1. The lowest BCUT2D eigenvalue weighted by Crippen LogP contribution is -2.28. The van der Waals surface area contributed by atoms with Gasteiger partial charge in [-0.3, -0.25) is 9.78 Å². The fourth-order valence-electron chi connectivity index (χ4n) is 2.33. The van der Waals surface area contributed by atoms with Gasteiger partial charge in [-0.15, -0.1) is 0 Å². The Bertz CT molecular complexity index is 842. The second-order valence-electron chi connectivity index (χ2n) is 5.53. The second kappa shape index (κ2) is 7.57. The van der Waals surface area contributed by atoms with Gasteiger partial charge in [0.15, 0.2) is 6.61 Å². The zero-order valence-electron chi connectivity index (χ0n) is 14.0. The first-order valence-electron chi connectivity index (χ1n) is 7.82. The van der Waals surface area contributed by atoms with Crippen molar-refractivity contribution in [1.29, 1.82) is 0 Å². The van der Waals surface area contributed by atoms with Gasteiger partial charge in [-0.1, -0.05) is 23.4 Å². The van der Waals surface area contributed by atoms with Crippen molar-refractivity contribution in [1.82, 2.24) is 20.4 Å². The molecule has 0 bridgehead atoms. The number of aromatic nitrogens is 3. The fraction of sp³-hybridized carbons (Fsp3) is 0.222. The summed E-state index contributed by atoms with van der Waals surface area (Å²) in [4.78, 5) is 20.1. The molecule has 0 saturated carbocycles. The van der Waals surface area contributed by atoms with Crippen LogP contribution in [0.5, 0.6) is 5.75 Å². The summed E-state index contributed by atoms with van der Waals surface area (Å²) >= 11 is 0. The van der Waals surface area contributed by atoms with E-state index >= 15 is 0 Å². The lowest BCUT2D eigenvalue weighted by molar-refractivity contribution is -0.123. The summed E-state index contributed by atoms with van der Waals surface area (Å²) < 4.78 is 10.7. The van der Waals surface area contributed by atoms with Gasteiger partial charge >= 0.3 is 0 Å². The van der Waals surface area contributed by atoms with E-state index in [2.05, 4.69) is 20.4 Å². The SMILES string of the molecule is Cc1cccc(C)c1OCC(=O)NCc1nc(-c2ccncc2)no1. The molecule has 1 N–H and O–H groups in total. The Morgan fingerprint density at radius 2 is 1.88 bits per heavy atom. The van der Waals surface area contributed by atoms with Crippen molar-refractivity contribution in [2.45, 2.75) is 20.4 Å². The Kier molecular flexibility index (Phi) is 5.03. The number of ether oxygens (including phenoxy) is 1. The highest BCUT2D eigenvalue weighted by atomic mass is 16.5. The molecular formula is C18H18N4O3. The quantitative estimate of drug-likeness (QED) is 0.742. The van der Waals surface area contributed by atoms with E-state index in [4.69, 9.17) is 9.26 Å². The van der Waals surface area contributed by atoms with Crippen LogP contribution in [0, 0.1) is 13.8 Å². The number of benzene rings is 1. The fourth-order valence-corrected chi connectivity index (χ4v) is 2.33. The Morgan fingerprint density at radius 3 is 2.60 bits per heavy atom. The molecule has 0 fully saturated rings. The number of amides is 1. The van der Waals surface area contributed by atoms with Crippen LogP contribution in [-0.2, 0) is 11.3 Å². The molecule has 1 amide bonds. The lowest BCUT2D eigenvalue weighted by Gasteiger charge is -2.11. The van der Waals surface area contributed by atoms with Gasteiger partial charge in [0.25, 0.3) is 5.91 Å². The predicted octanol–water partition coefficient (Wildman–Crippen LogP) is 2.44. The Balaban J connectivity index is 1.52. The molecule has 2 heterocycles. The van der Waals surface area contributed by atoms with E-state index in [9.17, 15) is 4.79 Å². The molecule has 1 aromatic carbocycles. The molecule has 0 aliphatic carbocycles. The van der Waals surface area contributed by atoms with Crippen molar-refractivity contribution in [3.63, 3.8) is 0 Å². The van der Waals surface area contributed by atoms with Crippen LogP contribution in [-0.4, -0.2) is 27.6 Å². The van der Waals surface area contributed by atoms with Crippen LogP contribution < -0.4 is 10.1 Å². The number of rotatable bonds is 6. The molecule has 0 spiro atoms. The minimum Gasteiger partial charge on any atom is -0.483 e. The number of pyridine rings is 1. The normalized spacial score (nSPS) is 10.5. The topological polar surface area (TPSA) is 90.1 Å². The van der Waals surface area contributed by atoms with E-state index in [0.717, 1.165) is 22.4 Å². The summed E-state index contributed by atoms with van der Waals surface area (Å²) in [5.74, 6) is 1.26. The van der Waals surface area contributed by atoms with Crippen LogP contribution in [0.1, 0.15) is 17.0 Å². The molecule has 7 nitrogen and oxygen atoms in total. The molecule has 2 aromatic heterocycles. The van der Waals surface area contributed by atoms with E-state index in [1.54, 1.807) is 24.5 Å². The lowest BCUT2D eigenvalue weighted by atomic mass is 10.1. The van der Waals surface area contributed by atoms with Crippen molar-refractivity contribution in [2.24, 2.45) is 0 Å². The average Bonchev–Trinajstić information content (AvgIpc) is 3.09. The first-order valence-corrected chi connectivity index (χ1v) is 7.82. The summed E-state index contributed by atoms with van der Waals surface area (Å²) in [6.07, 6.45) is 3.30. The standard InChI is InChI=1S/C18H18N4O3/c1-12-4-3-5-13(2)17(12)24-11-15(23)20-10-16-21-18(22-25-16)14-6-8-19-9-7-14/h3-9H,10-11H2,1-2H3,(H,20,23). The van der Waals surface area contributed by atoms with Crippen molar-refractivity contribution < 1.29 is 14.1 Å². The summed E-state index contributed by atoms with van der Waals surface area (Å²) in [6.45, 7) is 3.96.